The van der Waals surface area contributed by atoms with Crippen LogP contribution in [0.15, 0.2) is 23.2 Å². The smallest absolute Gasteiger partial charge is 0.248 e. The van der Waals surface area contributed by atoms with Crippen LogP contribution < -0.4 is 14.7 Å². The molecule has 2 aliphatic rings. The fourth-order valence-electron chi connectivity index (χ4n) is 3.21. The van der Waals surface area contributed by atoms with Gasteiger partial charge < -0.3 is 19.5 Å². The van der Waals surface area contributed by atoms with Crippen LogP contribution in [0.3, 0.4) is 0 Å². The number of nitrogens with zero attached hydrogens (tertiary/aromatic N) is 2. The van der Waals surface area contributed by atoms with Crippen molar-refractivity contribution in [2.75, 3.05) is 23.5 Å². The number of amides is 1. The molecule has 0 spiro atoms. The Bertz CT molecular complexity index is 912. The van der Waals surface area contributed by atoms with Crippen LogP contribution in [0.25, 0.3) is 0 Å². The number of aliphatic imine (C=N–C) groups is 1. The second-order valence-corrected chi connectivity index (χ2v) is 9.87. The maximum atomic E-state index is 12.1. The maximum absolute atomic E-state index is 12.1. The topological polar surface area (TPSA) is 116 Å². The van der Waals surface area contributed by atoms with Gasteiger partial charge in [0.1, 0.15) is 5.75 Å². The van der Waals surface area contributed by atoms with Crippen LogP contribution in [0.2, 0.25) is 0 Å². The molecular formula is C17H19N2O6S2-. The van der Waals surface area contributed by atoms with Gasteiger partial charge in [0.2, 0.25) is 5.91 Å². The number of fused-ring (bicyclic) bond motifs is 1. The lowest BCUT2D eigenvalue weighted by atomic mass is 10.1. The molecule has 1 aromatic rings. The molecule has 2 heterocycles. The van der Waals surface area contributed by atoms with Gasteiger partial charge in [0.25, 0.3) is 0 Å². The number of carboxylic acid groups (broad SMARTS) is 1. The standard InChI is InChI=1S/C17H20N2O6S2/c1-10-3-4-13(25-2)11(7-10)19-12-8-27(23,24)9-14(12)26-17(19)18-15(20)5-6-16(21)22/h3-4,7,12,14H,5-6,8-9H2,1-2H3,(H,21,22)/p-1/t12-,14+/m1/s1. The van der Waals surface area contributed by atoms with Crippen LogP contribution in [0.5, 0.6) is 5.75 Å². The molecule has 2 aliphatic heterocycles. The lowest BCUT2D eigenvalue weighted by molar-refractivity contribution is -0.305. The van der Waals surface area contributed by atoms with Gasteiger partial charge in [-0.15, -0.1) is 0 Å². The second kappa shape index (κ2) is 7.51. The maximum Gasteiger partial charge on any atom is 0.248 e. The Balaban J connectivity index is 2.00. The van der Waals surface area contributed by atoms with Gasteiger partial charge >= 0.3 is 0 Å². The molecule has 0 unspecified atom stereocenters. The Morgan fingerprint density at radius 1 is 1.33 bits per heavy atom. The van der Waals surface area contributed by atoms with Crippen molar-refractivity contribution in [3.63, 3.8) is 0 Å². The monoisotopic (exact) mass is 411 g/mol. The Morgan fingerprint density at radius 3 is 2.74 bits per heavy atom. The van der Waals surface area contributed by atoms with Crippen molar-refractivity contribution in [3.05, 3.63) is 23.8 Å². The number of rotatable bonds is 5. The highest BCUT2D eigenvalue weighted by atomic mass is 32.2. The number of aryl methyl sites for hydroxylation is 1. The van der Waals surface area contributed by atoms with Crippen LogP contribution in [0.1, 0.15) is 18.4 Å². The van der Waals surface area contributed by atoms with E-state index in [4.69, 9.17) is 4.74 Å². The molecule has 0 N–H and O–H groups in total. The van der Waals surface area contributed by atoms with Gasteiger partial charge in [-0.1, -0.05) is 17.8 Å². The van der Waals surface area contributed by atoms with Gasteiger partial charge in [-0.3, -0.25) is 4.79 Å². The number of thioether (sulfide) groups is 1. The van der Waals surface area contributed by atoms with E-state index < -0.39 is 28.1 Å². The number of amidine groups is 1. The summed E-state index contributed by atoms with van der Waals surface area (Å²) in [5.74, 6) is -1.38. The molecule has 2 saturated heterocycles. The first-order valence-electron chi connectivity index (χ1n) is 8.32. The summed E-state index contributed by atoms with van der Waals surface area (Å²) >= 11 is 1.23. The highest BCUT2D eigenvalue weighted by Crippen LogP contribution is 2.44. The van der Waals surface area contributed by atoms with Crippen molar-refractivity contribution in [1.82, 2.24) is 0 Å². The van der Waals surface area contributed by atoms with Crippen LogP contribution in [-0.4, -0.2) is 55.4 Å². The Kier molecular flexibility index (Phi) is 5.48. The Morgan fingerprint density at radius 2 is 2.07 bits per heavy atom. The van der Waals surface area contributed by atoms with Gasteiger partial charge in [0, 0.05) is 17.6 Å². The molecule has 10 heteroatoms. The number of aliphatic carboxylic acids is 1. The number of sulfone groups is 1. The second-order valence-electron chi connectivity index (χ2n) is 6.51. The fourth-order valence-corrected chi connectivity index (χ4v) is 7.13. The molecule has 27 heavy (non-hydrogen) atoms. The van der Waals surface area contributed by atoms with E-state index >= 15 is 0 Å². The Hall–Kier alpha value is -2.07. The van der Waals surface area contributed by atoms with Gasteiger partial charge in [0.15, 0.2) is 15.0 Å². The Labute approximate surface area is 161 Å². The highest BCUT2D eigenvalue weighted by molar-refractivity contribution is 8.16. The zero-order chi connectivity index (χ0) is 19.8. The summed E-state index contributed by atoms with van der Waals surface area (Å²) in [5.41, 5.74) is 1.59. The average Bonchev–Trinajstić information content (AvgIpc) is 3.03. The summed E-state index contributed by atoms with van der Waals surface area (Å²) in [6.07, 6.45) is -0.673. The minimum Gasteiger partial charge on any atom is -0.550 e. The minimum absolute atomic E-state index is 0.0131. The largest absolute Gasteiger partial charge is 0.550 e. The molecule has 1 aromatic carbocycles. The van der Waals surface area contributed by atoms with Crippen molar-refractivity contribution < 1.29 is 27.9 Å². The zero-order valence-electron chi connectivity index (χ0n) is 14.9. The van der Waals surface area contributed by atoms with Crippen LogP contribution in [0, 0.1) is 6.92 Å². The zero-order valence-corrected chi connectivity index (χ0v) is 16.5. The van der Waals surface area contributed by atoms with E-state index in [1.165, 1.54) is 18.9 Å². The molecule has 0 aliphatic carbocycles. The van der Waals surface area contributed by atoms with Gasteiger partial charge in [0.05, 0.1) is 30.3 Å². The predicted octanol–water partition coefficient (Wildman–Crippen LogP) is 0.135. The number of anilines is 1. The van der Waals surface area contributed by atoms with Crippen molar-refractivity contribution in [3.8, 4) is 5.75 Å². The van der Waals surface area contributed by atoms with Crippen LogP contribution >= 0.6 is 11.8 Å². The summed E-state index contributed by atoms with van der Waals surface area (Å²) < 4.78 is 29.6. The van der Waals surface area contributed by atoms with Crippen molar-refractivity contribution >= 4 is 44.3 Å². The van der Waals surface area contributed by atoms with Gasteiger partial charge in [-0.2, -0.15) is 4.99 Å². The quantitative estimate of drug-likeness (QED) is 0.672. The third kappa shape index (κ3) is 4.27. The number of carboxylic acids is 1. The van der Waals surface area contributed by atoms with E-state index in [1.807, 2.05) is 19.1 Å². The van der Waals surface area contributed by atoms with Gasteiger partial charge in [-0.05, 0) is 31.0 Å². The van der Waals surface area contributed by atoms with E-state index in [-0.39, 0.29) is 29.2 Å². The number of hydrogen-bond donors (Lipinski definition) is 0. The molecule has 1 amide bonds. The third-order valence-corrected chi connectivity index (χ3v) is 7.63. The molecule has 3 rings (SSSR count). The molecule has 2 atom stereocenters. The first-order valence-corrected chi connectivity index (χ1v) is 11.0. The van der Waals surface area contributed by atoms with Crippen LogP contribution in [0.4, 0.5) is 5.69 Å². The summed E-state index contributed by atoms with van der Waals surface area (Å²) in [5, 5.41) is 10.7. The normalized spacial score (nSPS) is 24.8. The summed E-state index contributed by atoms with van der Waals surface area (Å²) in [4.78, 5) is 28.5. The molecule has 0 bridgehead atoms. The van der Waals surface area contributed by atoms with Crippen LogP contribution in [-0.2, 0) is 19.4 Å². The number of carbonyl (C=O) groups excluding carboxylic acids is 2. The summed E-state index contributed by atoms with van der Waals surface area (Å²) in [6, 6.07) is 5.15. The molecule has 0 radical (unpaired) electrons. The highest BCUT2D eigenvalue weighted by Gasteiger charge is 2.50. The molecule has 2 fully saturated rings. The molecule has 0 saturated carbocycles. The predicted molar refractivity (Wildman–Crippen MR) is 101 cm³/mol. The SMILES string of the molecule is COc1ccc(C)cc1N1C(=NC(=O)CCC(=O)[O-])S[C@H]2CS(=O)(=O)C[C@H]21. The fraction of sp³-hybridized carbons (Fsp3) is 0.471. The molecular weight excluding hydrogens is 392 g/mol. The number of methoxy groups -OCH3 is 1. The van der Waals surface area contributed by atoms with Crippen molar-refractivity contribution in [1.29, 1.82) is 0 Å². The van der Waals surface area contributed by atoms with E-state index in [0.29, 0.717) is 16.6 Å². The number of carbonyl (C=O) groups is 2. The molecule has 146 valence electrons. The number of benzene rings is 1. The van der Waals surface area contributed by atoms with Gasteiger partial charge in [-0.25, -0.2) is 8.42 Å². The number of ether oxygens (including phenoxy) is 1. The lowest BCUT2D eigenvalue weighted by Crippen LogP contribution is -2.38. The lowest BCUT2D eigenvalue weighted by Gasteiger charge is -2.26. The molecule has 0 aromatic heterocycles. The van der Waals surface area contributed by atoms with E-state index in [0.717, 1.165) is 5.56 Å². The summed E-state index contributed by atoms with van der Waals surface area (Å²) in [6.45, 7) is 1.90. The van der Waals surface area contributed by atoms with E-state index in [1.54, 1.807) is 11.0 Å². The van der Waals surface area contributed by atoms with E-state index in [2.05, 4.69) is 4.99 Å². The first kappa shape index (κ1) is 19.7. The first-order chi connectivity index (χ1) is 12.7. The van der Waals surface area contributed by atoms with E-state index in [9.17, 15) is 23.1 Å². The van der Waals surface area contributed by atoms with Crippen molar-refractivity contribution in [2.24, 2.45) is 4.99 Å². The van der Waals surface area contributed by atoms with Crippen molar-refractivity contribution in [2.45, 2.75) is 31.1 Å². The third-order valence-electron chi connectivity index (χ3n) is 4.42. The minimum atomic E-state index is -3.18. The summed E-state index contributed by atoms with van der Waals surface area (Å²) in [7, 11) is -1.66. The molecule has 8 nitrogen and oxygen atoms in total. The average molecular weight is 411 g/mol. The number of hydrogen-bond acceptors (Lipinski definition) is 7.